The van der Waals surface area contributed by atoms with Gasteiger partial charge < -0.3 is 0 Å². The lowest BCUT2D eigenvalue weighted by atomic mass is 9.86. The van der Waals surface area contributed by atoms with E-state index in [0.29, 0.717) is 6.04 Å². The molecule has 1 aromatic carbocycles. The number of benzene rings is 1. The minimum atomic E-state index is 0.715. The van der Waals surface area contributed by atoms with Crippen molar-refractivity contribution in [1.29, 1.82) is 5.26 Å². The summed E-state index contributed by atoms with van der Waals surface area (Å²) in [4.78, 5) is 2.45. The Bertz CT molecular complexity index is 425. The molecular weight excluding hydrogens is 220 g/mol. The fourth-order valence-electron chi connectivity index (χ4n) is 2.84. The van der Waals surface area contributed by atoms with E-state index in [0.717, 1.165) is 18.0 Å². The third-order valence-corrected chi connectivity index (χ3v) is 4.10. The van der Waals surface area contributed by atoms with Crippen molar-refractivity contribution in [1.82, 2.24) is 4.90 Å². The highest BCUT2D eigenvalue weighted by atomic mass is 15.1. The van der Waals surface area contributed by atoms with Gasteiger partial charge in [0.05, 0.1) is 11.6 Å². The predicted octanol–water partition coefficient (Wildman–Crippen LogP) is 3.57. The number of hydrogen-bond donors (Lipinski definition) is 0. The molecule has 0 saturated heterocycles. The van der Waals surface area contributed by atoms with Gasteiger partial charge in [0.15, 0.2) is 0 Å². The summed E-state index contributed by atoms with van der Waals surface area (Å²) in [5.74, 6) is 0.900. The van der Waals surface area contributed by atoms with Crippen LogP contribution in [0.1, 0.15) is 43.7 Å². The number of hydrogen-bond acceptors (Lipinski definition) is 2. The molecule has 1 aromatic rings. The van der Waals surface area contributed by atoms with Gasteiger partial charge in [-0.15, -0.1) is 0 Å². The maximum atomic E-state index is 8.91. The monoisotopic (exact) mass is 242 g/mol. The first-order chi connectivity index (χ1) is 8.69. The summed E-state index contributed by atoms with van der Waals surface area (Å²) in [6.45, 7) is 3.31. The second-order valence-electron chi connectivity index (χ2n) is 5.64. The first kappa shape index (κ1) is 13.1. The van der Waals surface area contributed by atoms with Crippen molar-refractivity contribution in [3.63, 3.8) is 0 Å². The van der Waals surface area contributed by atoms with E-state index in [1.807, 2.05) is 18.2 Å². The van der Waals surface area contributed by atoms with Crippen molar-refractivity contribution in [3.05, 3.63) is 35.4 Å². The molecule has 2 rings (SSSR count). The van der Waals surface area contributed by atoms with Crippen LogP contribution in [0.5, 0.6) is 0 Å². The van der Waals surface area contributed by atoms with Crippen LogP contribution in [0.4, 0.5) is 0 Å². The lowest BCUT2D eigenvalue weighted by Gasteiger charge is -2.33. The van der Waals surface area contributed by atoms with Crippen molar-refractivity contribution in [2.24, 2.45) is 5.92 Å². The van der Waals surface area contributed by atoms with Gasteiger partial charge in [-0.05, 0) is 56.3 Å². The maximum Gasteiger partial charge on any atom is 0.0991 e. The Morgan fingerprint density at radius 2 is 2.00 bits per heavy atom. The summed E-state index contributed by atoms with van der Waals surface area (Å²) in [6, 6.07) is 10.9. The molecule has 0 spiro atoms. The molecule has 2 nitrogen and oxygen atoms in total. The molecule has 0 heterocycles. The van der Waals surface area contributed by atoms with Crippen LogP contribution < -0.4 is 0 Å². The Labute approximate surface area is 110 Å². The third kappa shape index (κ3) is 3.34. The first-order valence-corrected chi connectivity index (χ1v) is 6.88. The average Bonchev–Trinajstić information content (AvgIpc) is 2.39. The molecule has 0 amide bonds. The minimum Gasteiger partial charge on any atom is -0.299 e. The number of nitriles is 1. The highest BCUT2D eigenvalue weighted by Crippen LogP contribution is 2.27. The summed E-state index contributed by atoms with van der Waals surface area (Å²) < 4.78 is 0. The van der Waals surface area contributed by atoms with Crippen LogP contribution in [-0.4, -0.2) is 18.0 Å². The Morgan fingerprint density at radius 1 is 1.28 bits per heavy atom. The van der Waals surface area contributed by atoms with Crippen LogP contribution in [0.25, 0.3) is 0 Å². The highest BCUT2D eigenvalue weighted by molar-refractivity contribution is 5.32. The van der Waals surface area contributed by atoms with Crippen LogP contribution >= 0.6 is 0 Å². The molecule has 2 heteroatoms. The number of nitrogens with zero attached hydrogens (tertiary/aromatic N) is 2. The zero-order chi connectivity index (χ0) is 13.0. The molecule has 1 saturated carbocycles. The van der Waals surface area contributed by atoms with Crippen molar-refractivity contribution in [3.8, 4) is 6.07 Å². The summed E-state index contributed by atoms with van der Waals surface area (Å²) in [6.07, 6.45) is 5.34. The van der Waals surface area contributed by atoms with Gasteiger partial charge in [0.25, 0.3) is 0 Å². The van der Waals surface area contributed by atoms with E-state index < -0.39 is 0 Å². The fraction of sp³-hybridized carbons (Fsp3) is 0.562. The van der Waals surface area contributed by atoms with E-state index in [2.05, 4.69) is 31.0 Å². The zero-order valence-corrected chi connectivity index (χ0v) is 11.4. The van der Waals surface area contributed by atoms with Gasteiger partial charge >= 0.3 is 0 Å². The predicted molar refractivity (Wildman–Crippen MR) is 74.0 cm³/mol. The van der Waals surface area contributed by atoms with Gasteiger partial charge in [0.1, 0.15) is 0 Å². The van der Waals surface area contributed by atoms with Crippen molar-refractivity contribution >= 4 is 0 Å². The summed E-state index contributed by atoms with van der Waals surface area (Å²) in [5, 5.41) is 8.91. The molecule has 96 valence electrons. The second-order valence-corrected chi connectivity index (χ2v) is 5.64. The SMILES string of the molecule is CC1CCC(N(C)Cc2cccc(C#N)c2)CC1. The van der Waals surface area contributed by atoms with E-state index in [1.54, 1.807) is 0 Å². The van der Waals surface area contributed by atoms with Crippen LogP contribution in [0.3, 0.4) is 0 Å². The quantitative estimate of drug-likeness (QED) is 0.810. The van der Waals surface area contributed by atoms with Gasteiger partial charge in [-0.3, -0.25) is 4.90 Å². The van der Waals surface area contributed by atoms with Crippen molar-refractivity contribution in [2.75, 3.05) is 7.05 Å². The number of rotatable bonds is 3. The standard InChI is InChI=1S/C16H22N2/c1-13-6-8-16(9-7-13)18(2)12-15-5-3-4-14(10-15)11-17/h3-5,10,13,16H,6-9,12H2,1-2H3. The molecule has 18 heavy (non-hydrogen) atoms. The van der Waals surface area contributed by atoms with Crippen LogP contribution in [0.15, 0.2) is 24.3 Å². The molecule has 1 aliphatic carbocycles. The average molecular weight is 242 g/mol. The van der Waals surface area contributed by atoms with Crippen molar-refractivity contribution < 1.29 is 0 Å². The summed E-state index contributed by atoms with van der Waals surface area (Å²) in [5.41, 5.74) is 2.01. The van der Waals surface area contributed by atoms with Gasteiger partial charge in [0.2, 0.25) is 0 Å². The Hall–Kier alpha value is -1.33. The second kappa shape index (κ2) is 6.02. The van der Waals surface area contributed by atoms with Crippen LogP contribution in [-0.2, 0) is 6.54 Å². The zero-order valence-electron chi connectivity index (χ0n) is 11.4. The van der Waals surface area contributed by atoms with E-state index in [9.17, 15) is 0 Å². The molecule has 1 fully saturated rings. The normalized spacial score (nSPS) is 23.9. The minimum absolute atomic E-state index is 0.715. The lowest BCUT2D eigenvalue weighted by molar-refractivity contribution is 0.164. The Balaban J connectivity index is 1.94. The fourth-order valence-corrected chi connectivity index (χ4v) is 2.84. The van der Waals surface area contributed by atoms with Crippen LogP contribution in [0.2, 0.25) is 0 Å². The molecule has 0 aliphatic heterocycles. The first-order valence-electron chi connectivity index (χ1n) is 6.88. The maximum absolute atomic E-state index is 8.91. The summed E-state index contributed by atoms with van der Waals surface area (Å²) >= 11 is 0. The van der Waals surface area contributed by atoms with Gasteiger partial charge in [0, 0.05) is 12.6 Å². The van der Waals surface area contributed by atoms with E-state index >= 15 is 0 Å². The topological polar surface area (TPSA) is 27.0 Å². The van der Waals surface area contributed by atoms with Gasteiger partial charge in [-0.2, -0.15) is 5.26 Å². The molecule has 0 unspecified atom stereocenters. The summed E-state index contributed by atoms with van der Waals surface area (Å²) in [7, 11) is 2.21. The molecule has 0 atom stereocenters. The molecular formula is C16H22N2. The third-order valence-electron chi connectivity index (χ3n) is 4.10. The largest absolute Gasteiger partial charge is 0.299 e. The highest BCUT2D eigenvalue weighted by Gasteiger charge is 2.21. The smallest absolute Gasteiger partial charge is 0.0991 e. The molecule has 0 N–H and O–H groups in total. The molecule has 0 aromatic heterocycles. The lowest BCUT2D eigenvalue weighted by Crippen LogP contribution is -2.34. The van der Waals surface area contributed by atoms with Crippen molar-refractivity contribution in [2.45, 2.75) is 45.2 Å². The Kier molecular flexibility index (Phi) is 4.38. The van der Waals surface area contributed by atoms with E-state index in [-0.39, 0.29) is 0 Å². The molecule has 0 radical (unpaired) electrons. The van der Waals surface area contributed by atoms with Gasteiger partial charge in [-0.25, -0.2) is 0 Å². The van der Waals surface area contributed by atoms with E-state index in [4.69, 9.17) is 5.26 Å². The van der Waals surface area contributed by atoms with Gasteiger partial charge in [-0.1, -0.05) is 19.1 Å². The Morgan fingerprint density at radius 3 is 2.67 bits per heavy atom. The molecule has 0 bridgehead atoms. The molecule has 1 aliphatic rings. The van der Waals surface area contributed by atoms with E-state index in [1.165, 1.54) is 31.2 Å². The van der Waals surface area contributed by atoms with Crippen LogP contribution in [0, 0.1) is 17.2 Å².